The van der Waals surface area contributed by atoms with E-state index in [1.807, 2.05) is 0 Å². The van der Waals surface area contributed by atoms with E-state index in [1.54, 1.807) is 0 Å². The highest BCUT2D eigenvalue weighted by molar-refractivity contribution is 5.44. The van der Waals surface area contributed by atoms with Gasteiger partial charge in [-0.05, 0) is 95.7 Å². The van der Waals surface area contributed by atoms with Crippen LogP contribution >= 0.6 is 0 Å². The SMILES string of the molecule is CCCCCCCCC(c1ccc(N)cc1)c1ccc(CC(CCCCCCC)Cc2ccc(C(CCCCCCCC)c3ccc(N)cc3)cc2)cc1. The third kappa shape index (κ3) is 15.7. The van der Waals surface area contributed by atoms with Gasteiger partial charge in [0.1, 0.15) is 0 Å². The van der Waals surface area contributed by atoms with E-state index in [2.05, 4.69) is 118 Å². The van der Waals surface area contributed by atoms with E-state index in [4.69, 9.17) is 11.5 Å². The molecule has 0 aromatic heterocycles. The molecular weight excluding hydrogens is 653 g/mol. The molecule has 0 saturated carbocycles. The van der Waals surface area contributed by atoms with Crippen molar-refractivity contribution in [1.82, 2.24) is 0 Å². The number of hydrogen-bond acceptors (Lipinski definition) is 2. The minimum absolute atomic E-state index is 0.428. The van der Waals surface area contributed by atoms with Crippen LogP contribution in [0.4, 0.5) is 11.4 Å². The van der Waals surface area contributed by atoms with Gasteiger partial charge in [0, 0.05) is 23.2 Å². The third-order valence-corrected chi connectivity index (χ3v) is 11.9. The Hall–Kier alpha value is -3.52. The summed E-state index contributed by atoms with van der Waals surface area (Å²) < 4.78 is 0. The zero-order chi connectivity index (χ0) is 38.2. The van der Waals surface area contributed by atoms with Gasteiger partial charge in [0.15, 0.2) is 0 Å². The van der Waals surface area contributed by atoms with Crippen molar-refractivity contribution < 1.29 is 0 Å². The number of unbranched alkanes of at least 4 members (excludes halogenated alkanes) is 14. The number of anilines is 2. The predicted octanol–water partition coefficient (Wildman–Crippen LogP) is 15.4. The van der Waals surface area contributed by atoms with Gasteiger partial charge in [0.2, 0.25) is 0 Å². The van der Waals surface area contributed by atoms with Gasteiger partial charge in [-0.2, -0.15) is 0 Å². The zero-order valence-corrected chi connectivity index (χ0v) is 34.7. The van der Waals surface area contributed by atoms with Crippen LogP contribution in [0.3, 0.4) is 0 Å². The summed E-state index contributed by atoms with van der Waals surface area (Å²) >= 11 is 0. The molecule has 4 N–H and O–H groups in total. The molecule has 0 aliphatic heterocycles. The van der Waals surface area contributed by atoms with E-state index < -0.39 is 0 Å². The Morgan fingerprint density at radius 3 is 0.944 bits per heavy atom. The smallest absolute Gasteiger partial charge is 0.0314 e. The molecule has 0 heterocycles. The molecule has 4 aromatic carbocycles. The van der Waals surface area contributed by atoms with Crippen LogP contribution in [0.1, 0.15) is 194 Å². The molecule has 0 fully saturated rings. The number of nitrogen functional groups attached to an aromatic ring is 2. The van der Waals surface area contributed by atoms with Gasteiger partial charge in [-0.1, -0.05) is 203 Å². The molecule has 2 nitrogen and oxygen atoms in total. The van der Waals surface area contributed by atoms with Crippen LogP contribution in [0.15, 0.2) is 97.1 Å². The molecule has 0 aliphatic carbocycles. The lowest BCUT2D eigenvalue weighted by atomic mass is 9.83. The quantitative estimate of drug-likeness (QED) is 0.0452. The van der Waals surface area contributed by atoms with Gasteiger partial charge in [-0.3, -0.25) is 0 Å². The van der Waals surface area contributed by atoms with Gasteiger partial charge in [-0.15, -0.1) is 0 Å². The van der Waals surface area contributed by atoms with E-state index in [-0.39, 0.29) is 0 Å². The molecule has 0 bridgehead atoms. The summed E-state index contributed by atoms with van der Waals surface area (Å²) in [4.78, 5) is 0. The maximum atomic E-state index is 6.09. The molecule has 2 unspecified atom stereocenters. The highest BCUT2D eigenvalue weighted by Gasteiger charge is 2.18. The fourth-order valence-corrected chi connectivity index (χ4v) is 8.52. The van der Waals surface area contributed by atoms with E-state index in [1.165, 1.54) is 162 Å². The minimum Gasteiger partial charge on any atom is -0.399 e. The molecule has 4 rings (SSSR count). The summed E-state index contributed by atoms with van der Waals surface area (Å²) in [6.07, 6.45) is 28.7. The first kappa shape index (κ1) is 43.2. The minimum atomic E-state index is 0.428. The first-order valence-corrected chi connectivity index (χ1v) is 22.4. The highest BCUT2D eigenvalue weighted by atomic mass is 14.5. The Kier molecular flexibility index (Phi) is 20.4. The number of hydrogen-bond donors (Lipinski definition) is 2. The summed E-state index contributed by atoms with van der Waals surface area (Å²) in [7, 11) is 0. The first-order chi connectivity index (χ1) is 26.5. The van der Waals surface area contributed by atoms with Crippen molar-refractivity contribution in [2.75, 3.05) is 11.5 Å². The summed E-state index contributed by atoms with van der Waals surface area (Å²) in [5, 5.41) is 0. The van der Waals surface area contributed by atoms with Gasteiger partial charge in [-0.25, -0.2) is 0 Å². The molecule has 2 atom stereocenters. The lowest BCUT2D eigenvalue weighted by Crippen LogP contribution is -2.10. The zero-order valence-electron chi connectivity index (χ0n) is 34.7. The third-order valence-electron chi connectivity index (χ3n) is 11.9. The van der Waals surface area contributed by atoms with Crippen LogP contribution in [0.5, 0.6) is 0 Å². The fourth-order valence-electron chi connectivity index (χ4n) is 8.52. The van der Waals surface area contributed by atoms with E-state index in [9.17, 15) is 0 Å². The average Bonchev–Trinajstić information content (AvgIpc) is 3.19. The molecular formula is C52H76N2. The molecule has 0 saturated heterocycles. The molecule has 0 spiro atoms. The van der Waals surface area contributed by atoms with Crippen LogP contribution in [-0.4, -0.2) is 0 Å². The van der Waals surface area contributed by atoms with Crippen LogP contribution in [-0.2, 0) is 12.8 Å². The monoisotopic (exact) mass is 729 g/mol. The lowest BCUT2D eigenvalue weighted by molar-refractivity contribution is 0.446. The van der Waals surface area contributed by atoms with Gasteiger partial charge in [0.05, 0.1) is 0 Å². The Morgan fingerprint density at radius 2 is 0.611 bits per heavy atom. The number of benzene rings is 4. The molecule has 294 valence electrons. The fraction of sp³-hybridized carbons (Fsp3) is 0.538. The molecule has 2 heteroatoms. The summed E-state index contributed by atoms with van der Waals surface area (Å²) in [6, 6.07) is 36.8. The van der Waals surface area contributed by atoms with Crippen LogP contribution < -0.4 is 11.5 Å². The van der Waals surface area contributed by atoms with Crippen molar-refractivity contribution in [1.29, 1.82) is 0 Å². The Labute approximate surface area is 332 Å². The van der Waals surface area contributed by atoms with Crippen molar-refractivity contribution in [3.8, 4) is 0 Å². The largest absolute Gasteiger partial charge is 0.399 e. The first-order valence-electron chi connectivity index (χ1n) is 22.4. The van der Waals surface area contributed by atoms with Crippen LogP contribution in [0, 0.1) is 5.92 Å². The second kappa shape index (κ2) is 25.5. The molecule has 0 aliphatic rings. The number of rotatable bonds is 28. The van der Waals surface area contributed by atoms with Crippen LogP contribution in [0.25, 0.3) is 0 Å². The highest BCUT2D eigenvalue weighted by Crippen LogP contribution is 2.34. The standard InChI is InChI=1S/C52H76N2/c1-4-7-10-13-16-19-22-51(47-32-36-49(53)37-33-47)45-28-24-42(25-29-45)40-44(21-18-15-12-9-6-3)41-43-26-30-46(31-27-43)52(23-20-17-14-11-8-5-2)48-34-38-50(54)39-35-48/h24-39,44,51-52H,4-23,40-41,53-54H2,1-3H3. The molecule has 0 amide bonds. The van der Waals surface area contributed by atoms with E-state index in [0.29, 0.717) is 17.8 Å². The van der Waals surface area contributed by atoms with Gasteiger partial charge < -0.3 is 11.5 Å². The second-order valence-electron chi connectivity index (χ2n) is 16.5. The molecule has 54 heavy (non-hydrogen) atoms. The van der Waals surface area contributed by atoms with E-state index >= 15 is 0 Å². The Balaban J connectivity index is 1.45. The topological polar surface area (TPSA) is 52.0 Å². The van der Waals surface area contributed by atoms with E-state index in [0.717, 1.165) is 24.2 Å². The van der Waals surface area contributed by atoms with Crippen molar-refractivity contribution in [3.63, 3.8) is 0 Å². The number of nitrogens with two attached hydrogens (primary N) is 2. The van der Waals surface area contributed by atoms with Crippen molar-refractivity contribution in [2.45, 2.75) is 174 Å². The summed E-state index contributed by atoms with van der Waals surface area (Å²) in [6.45, 7) is 6.91. The Morgan fingerprint density at radius 1 is 0.333 bits per heavy atom. The maximum Gasteiger partial charge on any atom is 0.0314 e. The van der Waals surface area contributed by atoms with Crippen molar-refractivity contribution in [2.24, 2.45) is 5.92 Å². The summed E-state index contributed by atoms with van der Waals surface area (Å²) in [5.74, 6) is 1.50. The van der Waals surface area contributed by atoms with Gasteiger partial charge >= 0.3 is 0 Å². The van der Waals surface area contributed by atoms with Crippen LogP contribution in [0.2, 0.25) is 0 Å². The average molecular weight is 729 g/mol. The lowest BCUT2D eigenvalue weighted by Gasteiger charge is -2.21. The van der Waals surface area contributed by atoms with Crippen molar-refractivity contribution in [3.05, 3.63) is 130 Å². The van der Waals surface area contributed by atoms with Gasteiger partial charge in [0.25, 0.3) is 0 Å². The molecule has 0 radical (unpaired) electrons. The Bertz CT molecular complexity index is 1390. The normalized spacial score (nSPS) is 13.2. The summed E-state index contributed by atoms with van der Waals surface area (Å²) in [5.41, 5.74) is 22.5. The molecule has 4 aromatic rings. The van der Waals surface area contributed by atoms with Crippen molar-refractivity contribution >= 4 is 11.4 Å². The second-order valence-corrected chi connectivity index (χ2v) is 16.5. The maximum absolute atomic E-state index is 6.09. The predicted molar refractivity (Wildman–Crippen MR) is 239 cm³/mol.